The lowest BCUT2D eigenvalue weighted by Crippen LogP contribution is -2.28. The van der Waals surface area contributed by atoms with Crippen LogP contribution in [0.1, 0.15) is 5.56 Å². The van der Waals surface area contributed by atoms with Crippen molar-refractivity contribution >= 4 is 17.7 Å². The average molecular weight is 346 g/mol. The molecule has 1 N–H and O–H groups in total. The number of hydrogen-bond acceptors (Lipinski definition) is 5. The van der Waals surface area contributed by atoms with E-state index in [9.17, 15) is 4.79 Å². The Morgan fingerprint density at radius 3 is 3.00 bits per heavy atom. The van der Waals surface area contributed by atoms with Gasteiger partial charge in [0.1, 0.15) is 0 Å². The fourth-order valence-corrected chi connectivity index (χ4v) is 2.94. The largest absolute Gasteiger partial charge is 0.383 e. The molecule has 0 aliphatic carbocycles. The third kappa shape index (κ3) is 4.94. The molecule has 0 atom stereocenters. The molecule has 1 amide bonds. The molecule has 0 saturated carbocycles. The maximum absolute atomic E-state index is 11.8. The highest BCUT2D eigenvalue weighted by molar-refractivity contribution is 7.99. The fraction of sp³-hybridized carbons (Fsp3) is 0.353. The first kappa shape index (κ1) is 18.2. The average Bonchev–Trinajstić information content (AvgIpc) is 2.96. The third-order valence-corrected chi connectivity index (χ3v) is 4.23. The van der Waals surface area contributed by atoms with Crippen LogP contribution in [0.3, 0.4) is 0 Å². The summed E-state index contributed by atoms with van der Waals surface area (Å²) < 4.78 is 6.88. The van der Waals surface area contributed by atoms with Crippen molar-refractivity contribution in [2.45, 2.75) is 18.6 Å². The predicted octanol–water partition coefficient (Wildman–Crippen LogP) is 2.29. The topological polar surface area (TPSA) is 69.0 Å². The molecule has 6 nitrogen and oxygen atoms in total. The van der Waals surface area contributed by atoms with Crippen LogP contribution in [0.2, 0.25) is 0 Å². The summed E-state index contributed by atoms with van der Waals surface area (Å²) in [5, 5.41) is 12.0. The van der Waals surface area contributed by atoms with Gasteiger partial charge in [0, 0.05) is 25.8 Å². The molecule has 1 aromatic heterocycles. The zero-order chi connectivity index (χ0) is 17.4. The smallest absolute Gasteiger partial charge is 0.230 e. The number of thioether (sulfide) groups is 1. The minimum Gasteiger partial charge on any atom is -0.383 e. The van der Waals surface area contributed by atoms with E-state index in [2.05, 4.69) is 28.2 Å². The van der Waals surface area contributed by atoms with Crippen molar-refractivity contribution in [3.05, 3.63) is 42.5 Å². The molecule has 0 aliphatic heterocycles. The van der Waals surface area contributed by atoms with Gasteiger partial charge in [-0.15, -0.1) is 16.8 Å². The van der Waals surface area contributed by atoms with E-state index in [1.54, 1.807) is 13.2 Å². The minimum atomic E-state index is -0.0534. The van der Waals surface area contributed by atoms with Crippen LogP contribution in [-0.4, -0.2) is 46.7 Å². The second kappa shape index (κ2) is 9.24. The Bertz CT molecular complexity index is 700. The number of aryl methyl sites for hydroxylation is 1. The zero-order valence-electron chi connectivity index (χ0n) is 14.0. The molecule has 1 heterocycles. The van der Waals surface area contributed by atoms with E-state index in [0.29, 0.717) is 24.9 Å². The number of aromatic nitrogens is 3. The van der Waals surface area contributed by atoms with E-state index >= 15 is 0 Å². The molecule has 24 heavy (non-hydrogen) atoms. The Labute approximate surface area is 146 Å². The number of hydrogen-bond donors (Lipinski definition) is 1. The Morgan fingerprint density at radius 2 is 2.29 bits per heavy atom. The molecule has 0 saturated heterocycles. The molecule has 0 fully saturated rings. The molecule has 0 spiro atoms. The maximum Gasteiger partial charge on any atom is 0.230 e. The zero-order valence-corrected chi connectivity index (χ0v) is 14.8. The van der Waals surface area contributed by atoms with Gasteiger partial charge in [-0.05, 0) is 13.0 Å². The summed E-state index contributed by atoms with van der Waals surface area (Å²) in [4.78, 5) is 11.8. The minimum absolute atomic E-state index is 0.0534. The fourth-order valence-electron chi connectivity index (χ4n) is 2.16. The molecule has 1 aromatic carbocycles. The Kier molecular flexibility index (Phi) is 7.02. The van der Waals surface area contributed by atoms with Crippen LogP contribution in [0.4, 0.5) is 0 Å². The van der Waals surface area contributed by atoms with Gasteiger partial charge in [-0.25, -0.2) is 0 Å². The van der Waals surface area contributed by atoms with Crippen molar-refractivity contribution in [2.24, 2.45) is 0 Å². The van der Waals surface area contributed by atoms with Gasteiger partial charge in [-0.2, -0.15) is 0 Å². The summed E-state index contributed by atoms with van der Waals surface area (Å²) in [6, 6.07) is 8.10. The maximum atomic E-state index is 11.8. The molecule has 0 unspecified atom stereocenters. The highest BCUT2D eigenvalue weighted by Crippen LogP contribution is 2.24. The van der Waals surface area contributed by atoms with E-state index in [0.717, 1.165) is 17.0 Å². The molecule has 128 valence electrons. The standard InChI is InChI=1S/C17H22N4O2S/c1-4-9-21-16(14-7-5-6-13(2)11-14)19-20-17(21)24-12-15(22)18-8-10-23-3/h4-7,11H,1,8-10,12H2,2-3H3,(H,18,22). The van der Waals surface area contributed by atoms with Gasteiger partial charge in [0.2, 0.25) is 5.91 Å². The number of allylic oxidation sites excluding steroid dienone is 1. The van der Waals surface area contributed by atoms with Gasteiger partial charge in [0.25, 0.3) is 0 Å². The number of rotatable bonds is 9. The van der Waals surface area contributed by atoms with Crippen LogP contribution in [0.15, 0.2) is 42.1 Å². The molecule has 0 bridgehead atoms. The number of nitrogens with one attached hydrogen (secondary N) is 1. The monoisotopic (exact) mass is 346 g/mol. The van der Waals surface area contributed by atoms with Gasteiger partial charge in [0.05, 0.1) is 12.4 Å². The van der Waals surface area contributed by atoms with E-state index in [4.69, 9.17) is 4.74 Å². The van der Waals surface area contributed by atoms with Crippen molar-refractivity contribution in [3.8, 4) is 11.4 Å². The SMILES string of the molecule is C=CCn1c(SCC(=O)NCCOC)nnc1-c1cccc(C)c1. The van der Waals surface area contributed by atoms with Crippen molar-refractivity contribution in [1.82, 2.24) is 20.1 Å². The summed E-state index contributed by atoms with van der Waals surface area (Å²) in [5.74, 6) is 1.01. The second-order valence-corrected chi connectivity index (χ2v) is 6.15. The number of ether oxygens (including phenoxy) is 1. The molecular weight excluding hydrogens is 324 g/mol. The van der Waals surface area contributed by atoms with E-state index in [1.165, 1.54) is 11.8 Å². The highest BCUT2D eigenvalue weighted by atomic mass is 32.2. The lowest BCUT2D eigenvalue weighted by Gasteiger charge is -2.08. The summed E-state index contributed by atoms with van der Waals surface area (Å²) in [6.07, 6.45) is 1.80. The highest BCUT2D eigenvalue weighted by Gasteiger charge is 2.14. The molecule has 7 heteroatoms. The number of nitrogens with zero attached hydrogens (tertiary/aromatic N) is 3. The van der Waals surface area contributed by atoms with Gasteiger partial charge in [0.15, 0.2) is 11.0 Å². The first-order valence-corrected chi connectivity index (χ1v) is 8.64. The predicted molar refractivity (Wildman–Crippen MR) is 96.0 cm³/mol. The number of benzene rings is 1. The molecule has 2 rings (SSSR count). The second-order valence-electron chi connectivity index (χ2n) is 5.21. The summed E-state index contributed by atoms with van der Waals surface area (Å²) in [5.41, 5.74) is 2.16. The Balaban J connectivity index is 2.10. The molecular formula is C17H22N4O2S. The Hall–Kier alpha value is -2.12. The van der Waals surface area contributed by atoms with Crippen molar-refractivity contribution in [3.63, 3.8) is 0 Å². The van der Waals surface area contributed by atoms with Gasteiger partial charge in [-0.3, -0.25) is 9.36 Å². The summed E-state index contributed by atoms with van der Waals surface area (Å²) in [7, 11) is 1.60. The van der Waals surface area contributed by atoms with Gasteiger partial charge >= 0.3 is 0 Å². The molecule has 0 aliphatic rings. The van der Waals surface area contributed by atoms with E-state index < -0.39 is 0 Å². The summed E-state index contributed by atoms with van der Waals surface area (Å²) >= 11 is 1.36. The molecule has 0 radical (unpaired) electrons. The van der Waals surface area contributed by atoms with Gasteiger partial charge in [-0.1, -0.05) is 41.6 Å². The third-order valence-electron chi connectivity index (χ3n) is 3.27. The van der Waals surface area contributed by atoms with E-state index in [1.807, 2.05) is 29.7 Å². The molecule has 2 aromatic rings. The lowest BCUT2D eigenvalue weighted by molar-refractivity contribution is -0.118. The lowest BCUT2D eigenvalue weighted by atomic mass is 10.1. The number of methoxy groups -OCH3 is 1. The van der Waals surface area contributed by atoms with Crippen LogP contribution in [0.25, 0.3) is 11.4 Å². The van der Waals surface area contributed by atoms with Crippen LogP contribution >= 0.6 is 11.8 Å². The number of amides is 1. The van der Waals surface area contributed by atoms with Crippen molar-refractivity contribution < 1.29 is 9.53 Å². The summed E-state index contributed by atoms with van der Waals surface area (Å²) in [6.45, 7) is 7.43. The first-order valence-electron chi connectivity index (χ1n) is 7.65. The normalized spacial score (nSPS) is 10.6. The van der Waals surface area contributed by atoms with Gasteiger partial charge < -0.3 is 10.1 Å². The Morgan fingerprint density at radius 1 is 1.46 bits per heavy atom. The van der Waals surface area contributed by atoms with E-state index in [-0.39, 0.29) is 11.7 Å². The van der Waals surface area contributed by atoms with Crippen molar-refractivity contribution in [2.75, 3.05) is 26.0 Å². The van der Waals surface area contributed by atoms with Crippen LogP contribution in [0, 0.1) is 6.92 Å². The van der Waals surface area contributed by atoms with Crippen LogP contribution in [-0.2, 0) is 16.1 Å². The number of carbonyl (C=O) groups is 1. The van der Waals surface area contributed by atoms with Crippen molar-refractivity contribution in [1.29, 1.82) is 0 Å². The van der Waals surface area contributed by atoms with Crippen LogP contribution < -0.4 is 5.32 Å². The quantitative estimate of drug-likeness (QED) is 0.429. The van der Waals surface area contributed by atoms with Crippen LogP contribution in [0.5, 0.6) is 0 Å². The number of carbonyl (C=O) groups excluding carboxylic acids is 1. The first-order chi connectivity index (χ1) is 11.7.